The number of esters is 1. The molecule has 17 heavy (non-hydrogen) atoms. The second-order valence-electron chi connectivity index (χ2n) is 4.21. The fraction of sp³-hybridized carbons (Fsp3) is 0.667. The first-order valence-corrected chi connectivity index (χ1v) is 6.87. The Labute approximate surface area is 106 Å². The number of anilines is 1. The molecule has 0 aliphatic rings. The number of rotatable bonds is 7. The van der Waals surface area contributed by atoms with Crippen LogP contribution in [0, 0.1) is 5.92 Å². The van der Waals surface area contributed by atoms with E-state index in [9.17, 15) is 4.79 Å². The SMILES string of the molecule is CCOC(=O)c1ncsc1NCCCC(C)C. The molecule has 1 rings (SSSR count). The van der Waals surface area contributed by atoms with Gasteiger partial charge in [-0.3, -0.25) is 0 Å². The van der Waals surface area contributed by atoms with Gasteiger partial charge >= 0.3 is 5.97 Å². The average molecular weight is 256 g/mol. The second-order valence-corrected chi connectivity index (χ2v) is 5.07. The molecule has 0 aliphatic carbocycles. The van der Waals surface area contributed by atoms with E-state index in [1.165, 1.54) is 17.8 Å². The smallest absolute Gasteiger partial charge is 0.360 e. The van der Waals surface area contributed by atoms with Crippen molar-refractivity contribution in [3.63, 3.8) is 0 Å². The normalized spacial score (nSPS) is 10.6. The molecule has 1 N–H and O–H groups in total. The Kier molecular flexibility index (Phi) is 5.97. The number of nitrogens with zero attached hydrogens (tertiary/aromatic N) is 1. The standard InChI is InChI=1S/C12H20N2O2S/c1-4-16-12(15)10-11(17-8-14-10)13-7-5-6-9(2)3/h8-9,13H,4-7H2,1-3H3. The Balaban J connectivity index is 2.43. The van der Waals surface area contributed by atoms with E-state index in [1.54, 1.807) is 12.4 Å². The van der Waals surface area contributed by atoms with Crippen LogP contribution < -0.4 is 5.32 Å². The third-order valence-electron chi connectivity index (χ3n) is 2.28. The number of carbonyl (C=O) groups excluding carboxylic acids is 1. The molecule has 0 atom stereocenters. The molecular formula is C12H20N2O2S. The van der Waals surface area contributed by atoms with Gasteiger partial charge < -0.3 is 10.1 Å². The molecule has 0 saturated heterocycles. The highest BCUT2D eigenvalue weighted by atomic mass is 32.1. The lowest BCUT2D eigenvalue weighted by molar-refractivity contribution is 0.0521. The predicted molar refractivity (Wildman–Crippen MR) is 70.6 cm³/mol. The Hall–Kier alpha value is -1.10. The van der Waals surface area contributed by atoms with Crippen molar-refractivity contribution in [3.8, 4) is 0 Å². The maximum absolute atomic E-state index is 11.5. The van der Waals surface area contributed by atoms with E-state index >= 15 is 0 Å². The largest absolute Gasteiger partial charge is 0.461 e. The van der Waals surface area contributed by atoms with Crippen LogP contribution in [0.1, 0.15) is 44.1 Å². The number of nitrogens with one attached hydrogen (secondary N) is 1. The Bertz CT molecular complexity index is 350. The molecule has 0 spiro atoms. The summed E-state index contributed by atoms with van der Waals surface area (Å²) in [5.74, 6) is 0.364. The van der Waals surface area contributed by atoms with Crippen LogP contribution in [0.2, 0.25) is 0 Å². The third kappa shape index (κ3) is 4.73. The molecule has 0 aromatic carbocycles. The molecule has 0 aliphatic heterocycles. The molecule has 0 amide bonds. The monoisotopic (exact) mass is 256 g/mol. The maximum atomic E-state index is 11.5. The minimum absolute atomic E-state index is 0.347. The number of ether oxygens (including phenoxy) is 1. The molecule has 0 fully saturated rings. The van der Waals surface area contributed by atoms with E-state index in [4.69, 9.17) is 4.74 Å². The van der Waals surface area contributed by atoms with Crippen molar-refractivity contribution in [1.29, 1.82) is 0 Å². The molecule has 1 heterocycles. The molecule has 1 aromatic rings. The summed E-state index contributed by atoms with van der Waals surface area (Å²) in [7, 11) is 0. The van der Waals surface area contributed by atoms with Gasteiger partial charge in [-0.2, -0.15) is 0 Å². The molecule has 0 saturated carbocycles. The Morgan fingerprint density at radius 3 is 3.00 bits per heavy atom. The van der Waals surface area contributed by atoms with Gasteiger partial charge in [0.05, 0.1) is 12.1 Å². The molecule has 5 heteroatoms. The van der Waals surface area contributed by atoms with Crippen LogP contribution >= 0.6 is 11.3 Å². The van der Waals surface area contributed by atoms with Gasteiger partial charge in [0.25, 0.3) is 0 Å². The molecular weight excluding hydrogens is 236 g/mol. The summed E-state index contributed by atoms with van der Waals surface area (Å²) in [6.45, 7) is 7.45. The van der Waals surface area contributed by atoms with E-state index in [1.807, 2.05) is 0 Å². The van der Waals surface area contributed by atoms with Crippen LogP contribution in [0.3, 0.4) is 0 Å². The fourth-order valence-electron chi connectivity index (χ4n) is 1.43. The van der Waals surface area contributed by atoms with Gasteiger partial charge in [0, 0.05) is 6.54 Å². The van der Waals surface area contributed by atoms with Crippen molar-refractivity contribution in [2.75, 3.05) is 18.5 Å². The lowest BCUT2D eigenvalue weighted by Gasteiger charge is -2.07. The summed E-state index contributed by atoms with van der Waals surface area (Å²) in [6, 6.07) is 0. The zero-order valence-electron chi connectivity index (χ0n) is 10.7. The van der Waals surface area contributed by atoms with Gasteiger partial charge in [0.1, 0.15) is 5.00 Å². The Morgan fingerprint density at radius 1 is 1.59 bits per heavy atom. The summed E-state index contributed by atoms with van der Waals surface area (Å²) in [4.78, 5) is 15.6. The highest BCUT2D eigenvalue weighted by Gasteiger charge is 2.15. The zero-order chi connectivity index (χ0) is 12.7. The van der Waals surface area contributed by atoms with Crippen LogP contribution in [0.4, 0.5) is 5.00 Å². The average Bonchev–Trinajstić information content (AvgIpc) is 2.72. The first kappa shape index (κ1) is 14.0. The first-order chi connectivity index (χ1) is 8.15. The summed E-state index contributed by atoms with van der Waals surface area (Å²) in [6.07, 6.45) is 2.28. The van der Waals surface area contributed by atoms with Crippen LogP contribution in [0.15, 0.2) is 5.51 Å². The van der Waals surface area contributed by atoms with Gasteiger partial charge in [-0.15, -0.1) is 11.3 Å². The topological polar surface area (TPSA) is 51.2 Å². The molecule has 96 valence electrons. The molecule has 4 nitrogen and oxygen atoms in total. The third-order valence-corrected chi connectivity index (χ3v) is 3.06. The zero-order valence-corrected chi connectivity index (χ0v) is 11.5. The van der Waals surface area contributed by atoms with Crippen molar-refractivity contribution < 1.29 is 9.53 Å². The van der Waals surface area contributed by atoms with E-state index in [0.29, 0.717) is 18.2 Å². The van der Waals surface area contributed by atoms with E-state index < -0.39 is 0 Å². The highest BCUT2D eigenvalue weighted by Crippen LogP contribution is 2.21. The number of thiazole rings is 1. The number of hydrogen-bond donors (Lipinski definition) is 1. The van der Waals surface area contributed by atoms with Crippen molar-refractivity contribution in [2.45, 2.75) is 33.6 Å². The van der Waals surface area contributed by atoms with E-state index in [-0.39, 0.29) is 5.97 Å². The second kappa shape index (κ2) is 7.27. The van der Waals surface area contributed by atoms with Crippen LogP contribution in [-0.2, 0) is 4.74 Å². The summed E-state index contributed by atoms with van der Waals surface area (Å²) >= 11 is 1.44. The molecule has 0 unspecified atom stereocenters. The van der Waals surface area contributed by atoms with E-state index in [0.717, 1.165) is 18.0 Å². The number of carbonyl (C=O) groups is 1. The Morgan fingerprint density at radius 2 is 2.35 bits per heavy atom. The summed E-state index contributed by atoms with van der Waals surface area (Å²) in [5, 5.41) is 4.06. The van der Waals surface area contributed by atoms with Crippen LogP contribution in [0.25, 0.3) is 0 Å². The molecule has 0 radical (unpaired) electrons. The van der Waals surface area contributed by atoms with Crippen LogP contribution in [-0.4, -0.2) is 24.1 Å². The fourth-order valence-corrected chi connectivity index (χ4v) is 2.13. The van der Waals surface area contributed by atoms with Crippen molar-refractivity contribution in [3.05, 3.63) is 11.2 Å². The quantitative estimate of drug-likeness (QED) is 0.601. The number of hydrogen-bond acceptors (Lipinski definition) is 5. The maximum Gasteiger partial charge on any atom is 0.360 e. The van der Waals surface area contributed by atoms with Crippen molar-refractivity contribution in [2.24, 2.45) is 5.92 Å². The molecule has 0 bridgehead atoms. The summed E-state index contributed by atoms with van der Waals surface area (Å²) in [5.41, 5.74) is 2.07. The van der Waals surface area contributed by atoms with Gasteiger partial charge in [0.2, 0.25) is 0 Å². The van der Waals surface area contributed by atoms with Gasteiger partial charge in [-0.1, -0.05) is 13.8 Å². The first-order valence-electron chi connectivity index (χ1n) is 5.99. The summed E-state index contributed by atoms with van der Waals surface area (Å²) < 4.78 is 4.94. The lowest BCUT2D eigenvalue weighted by Crippen LogP contribution is -2.10. The van der Waals surface area contributed by atoms with E-state index in [2.05, 4.69) is 24.1 Å². The van der Waals surface area contributed by atoms with Gasteiger partial charge in [-0.25, -0.2) is 9.78 Å². The minimum Gasteiger partial charge on any atom is -0.461 e. The highest BCUT2D eigenvalue weighted by molar-refractivity contribution is 7.14. The molecule has 1 aromatic heterocycles. The van der Waals surface area contributed by atoms with Crippen LogP contribution in [0.5, 0.6) is 0 Å². The lowest BCUT2D eigenvalue weighted by atomic mass is 10.1. The number of aromatic nitrogens is 1. The minimum atomic E-state index is -0.347. The van der Waals surface area contributed by atoms with Gasteiger partial charge in [0.15, 0.2) is 5.69 Å². The van der Waals surface area contributed by atoms with Gasteiger partial charge in [-0.05, 0) is 25.7 Å². The predicted octanol–water partition coefficient (Wildman–Crippen LogP) is 3.17. The van der Waals surface area contributed by atoms with Crippen molar-refractivity contribution in [1.82, 2.24) is 4.98 Å². The van der Waals surface area contributed by atoms with Crippen molar-refractivity contribution >= 4 is 22.3 Å².